The van der Waals surface area contributed by atoms with Crippen LogP contribution in [0.1, 0.15) is 25.1 Å². The average molecular weight is 312 g/mol. The third-order valence-electron chi connectivity index (χ3n) is 3.07. The van der Waals surface area contributed by atoms with E-state index in [1.165, 1.54) is 24.6 Å². The van der Waals surface area contributed by atoms with Crippen LogP contribution in [0.5, 0.6) is 0 Å². The van der Waals surface area contributed by atoms with Gasteiger partial charge >= 0.3 is 0 Å². The van der Waals surface area contributed by atoms with Crippen LogP contribution in [-0.4, -0.2) is 36.8 Å². The molecule has 2 aromatic heterocycles. The average Bonchev–Trinajstić information content (AvgIpc) is 2.67. The Morgan fingerprint density at radius 1 is 1.15 bits per heavy atom. The van der Waals surface area contributed by atoms with Crippen LogP contribution in [0.3, 0.4) is 0 Å². The second-order valence-electron chi connectivity index (χ2n) is 4.42. The number of aromatic nitrogens is 6. The van der Waals surface area contributed by atoms with E-state index in [0.29, 0.717) is 11.1 Å². The van der Waals surface area contributed by atoms with Crippen molar-refractivity contribution in [1.82, 2.24) is 29.7 Å². The van der Waals surface area contributed by atoms with Crippen LogP contribution in [0.15, 0.2) is 10.3 Å². The highest BCUT2D eigenvalue weighted by molar-refractivity contribution is 7.99. The van der Waals surface area contributed by atoms with E-state index >= 15 is 0 Å². The number of fused-ring (bicyclic) bond motifs is 1. The molecule has 0 fully saturated rings. The first-order chi connectivity index (χ1) is 9.76. The van der Waals surface area contributed by atoms with Crippen LogP contribution >= 0.6 is 23.4 Å². The van der Waals surface area contributed by atoms with Crippen LogP contribution in [-0.2, 0) is 13.0 Å². The van der Waals surface area contributed by atoms with Gasteiger partial charge in [0.25, 0.3) is 0 Å². The van der Waals surface area contributed by atoms with E-state index in [-0.39, 0.29) is 5.28 Å². The normalized spacial score (nSPS) is 14.7. The molecule has 3 heterocycles. The number of hydrogen-bond donors (Lipinski definition) is 1. The van der Waals surface area contributed by atoms with Crippen molar-refractivity contribution < 1.29 is 0 Å². The van der Waals surface area contributed by atoms with E-state index in [0.717, 1.165) is 30.4 Å². The number of rotatable bonds is 3. The molecular formula is C11H14ClN7S. The van der Waals surface area contributed by atoms with Gasteiger partial charge in [0.1, 0.15) is 5.82 Å². The highest BCUT2D eigenvalue weighted by Gasteiger charge is 2.17. The Balaban J connectivity index is 1.88. The second kappa shape index (κ2) is 5.92. The molecule has 1 N–H and O–H groups in total. The van der Waals surface area contributed by atoms with E-state index in [1.807, 2.05) is 0 Å². The van der Waals surface area contributed by atoms with Gasteiger partial charge < -0.3 is 9.88 Å². The maximum atomic E-state index is 5.88. The number of nitrogens with one attached hydrogen (secondary N) is 1. The quantitative estimate of drug-likeness (QED) is 0.928. The molecule has 0 saturated carbocycles. The summed E-state index contributed by atoms with van der Waals surface area (Å²) >= 11 is 7.24. The smallest absolute Gasteiger partial charge is 0.228 e. The van der Waals surface area contributed by atoms with Gasteiger partial charge in [-0.05, 0) is 36.2 Å². The van der Waals surface area contributed by atoms with E-state index in [2.05, 4.69) is 35.0 Å². The Kier molecular flexibility index (Phi) is 4.02. The highest BCUT2D eigenvalue weighted by atomic mass is 35.5. The molecule has 0 radical (unpaired) electrons. The predicted molar refractivity (Wildman–Crippen MR) is 76.1 cm³/mol. The predicted octanol–water partition coefficient (Wildman–Crippen LogP) is 2.04. The largest absolute Gasteiger partial charge is 0.357 e. The number of nitrogens with zero attached hydrogens (tertiary/aromatic N) is 6. The van der Waals surface area contributed by atoms with Gasteiger partial charge in [0.05, 0.1) is 0 Å². The molecular weight excluding hydrogens is 298 g/mol. The summed E-state index contributed by atoms with van der Waals surface area (Å²) in [5.74, 6) is 1.49. The minimum absolute atomic E-state index is 0.169. The molecule has 3 rings (SSSR count). The minimum Gasteiger partial charge on any atom is -0.357 e. The minimum atomic E-state index is 0.169. The number of aryl methyl sites for hydroxylation is 1. The fourth-order valence-corrected chi connectivity index (χ4v) is 3.13. The third-order valence-corrected chi connectivity index (χ3v) is 4.09. The fraction of sp³-hybridized carbons (Fsp3) is 0.545. The number of anilines is 1. The molecule has 9 heteroatoms. The molecule has 0 saturated heterocycles. The molecule has 0 amide bonds. The van der Waals surface area contributed by atoms with Crippen molar-refractivity contribution in [1.29, 1.82) is 0 Å². The maximum Gasteiger partial charge on any atom is 0.228 e. The van der Waals surface area contributed by atoms with Gasteiger partial charge in [0, 0.05) is 20.0 Å². The third kappa shape index (κ3) is 2.85. The van der Waals surface area contributed by atoms with Gasteiger partial charge in [0.2, 0.25) is 16.4 Å². The molecule has 0 unspecified atom stereocenters. The molecule has 0 spiro atoms. The van der Waals surface area contributed by atoms with Crippen molar-refractivity contribution in [3.05, 3.63) is 11.1 Å². The molecule has 0 aromatic carbocycles. The Hall–Kier alpha value is -1.41. The van der Waals surface area contributed by atoms with Gasteiger partial charge in [-0.1, -0.05) is 6.42 Å². The topological polar surface area (TPSA) is 81.4 Å². The van der Waals surface area contributed by atoms with E-state index < -0.39 is 0 Å². The first-order valence-electron chi connectivity index (χ1n) is 6.45. The molecule has 106 valence electrons. The van der Waals surface area contributed by atoms with Crippen LogP contribution < -0.4 is 5.32 Å². The first-order valence-corrected chi connectivity index (χ1v) is 7.65. The molecule has 1 aliphatic heterocycles. The van der Waals surface area contributed by atoms with Crippen LogP contribution in [0.2, 0.25) is 5.28 Å². The van der Waals surface area contributed by atoms with Gasteiger partial charge in [-0.3, -0.25) is 0 Å². The highest BCUT2D eigenvalue weighted by Crippen LogP contribution is 2.27. The summed E-state index contributed by atoms with van der Waals surface area (Å²) in [7, 11) is 1.74. The maximum absolute atomic E-state index is 5.88. The van der Waals surface area contributed by atoms with Gasteiger partial charge in [-0.2, -0.15) is 15.0 Å². The molecule has 20 heavy (non-hydrogen) atoms. The first kappa shape index (κ1) is 13.6. The summed E-state index contributed by atoms with van der Waals surface area (Å²) in [4.78, 5) is 12.3. The van der Waals surface area contributed by atoms with Gasteiger partial charge in [0.15, 0.2) is 5.16 Å². The van der Waals surface area contributed by atoms with Crippen molar-refractivity contribution in [2.24, 2.45) is 0 Å². The SMILES string of the molecule is CNc1nc(Cl)nc(Sc2nnc3n2CCCCC3)n1. The summed E-state index contributed by atoms with van der Waals surface area (Å²) in [5, 5.41) is 12.8. The van der Waals surface area contributed by atoms with Crippen LogP contribution in [0.25, 0.3) is 0 Å². The van der Waals surface area contributed by atoms with Crippen molar-refractivity contribution in [2.45, 2.75) is 42.5 Å². The van der Waals surface area contributed by atoms with Crippen molar-refractivity contribution in [3.8, 4) is 0 Å². The van der Waals surface area contributed by atoms with E-state index in [9.17, 15) is 0 Å². The monoisotopic (exact) mass is 311 g/mol. The van der Waals surface area contributed by atoms with E-state index in [1.54, 1.807) is 7.05 Å². The lowest BCUT2D eigenvalue weighted by Gasteiger charge is -2.06. The van der Waals surface area contributed by atoms with Crippen molar-refractivity contribution >= 4 is 29.3 Å². The fourth-order valence-electron chi connectivity index (χ4n) is 2.10. The summed E-state index contributed by atoms with van der Waals surface area (Å²) in [6.45, 7) is 0.947. The summed E-state index contributed by atoms with van der Waals surface area (Å²) < 4.78 is 2.15. The lowest BCUT2D eigenvalue weighted by molar-refractivity contribution is 0.590. The van der Waals surface area contributed by atoms with Crippen molar-refractivity contribution in [3.63, 3.8) is 0 Å². The van der Waals surface area contributed by atoms with Crippen molar-refractivity contribution in [2.75, 3.05) is 12.4 Å². The molecule has 0 atom stereocenters. The summed E-state index contributed by atoms with van der Waals surface area (Å²) in [6, 6.07) is 0. The zero-order chi connectivity index (χ0) is 13.9. The molecule has 7 nitrogen and oxygen atoms in total. The number of halogens is 1. The standard InChI is InChI=1S/C11H14ClN7S/c1-13-9-14-8(12)15-10(16-9)20-11-18-17-7-5-3-2-4-6-19(7)11/h2-6H2,1H3,(H,13,14,15,16). The molecule has 0 bridgehead atoms. The second-order valence-corrected chi connectivity index (χ2v) is 5.70. The molecule has 2 aromatic rings. The molecule has 0 aliphatic carbocycles. The van der Waals surface area contributed by atoms with Crippen LogP contribution in [0.4, 0.5) is 5.95 Å². The van der Waals surface area contributed by atoms with E-state index in [4.69, 9.17) is 11.6 Å². The summed E-state index contributed by atoms with van der Waals surface area (Å²) in [6.07, 6.45) is 4.53. The Labute approximate surface area is 125 Å². The van der Waals surface area contributed by atoms with Gasteiger partial charge in [-0.15, -0.1) is 10.2 Å². The zero-order valence-corrected chi connectivity index (χ0v) is 12.6. The summed E-state index contributed by atoms with van der Waals surface area (Å²) in [5.41, 5.74) is 0. The number of hydrogen-bond acceptors (Lipinski definition) is 7. The van der Waals surface area contributed by atoms with Crippen LogP contribution in [0, 0.1) is 0 Å². The van der Waals surface area contributed by atoms with Gasteiger partial charge in [-0.25, -0.2) is 0 Å². The Morgan fingerprint density at radius 2 is 2.05 bits per heavy atom. The Bertz CT molecular complexity index is 615. The zero-order valence-electron chi connectivity index (χ0n) is 11.0. The lowest BCUT2D eigenvalue weighted by atomic mass is 10.2. The lowest BCUT2D eigenvalue weighted by Crippen LogP contribution is -2.04. The molecule has 1 aliphatic rings. The Morgan fingerprint density at radius 3 is 2.90 bits per heavy atom.